The van der Waals surface area contributed by atoms with E-state index in [0.717, 1.165) is 11.1 Å². The van der Waals surface area contributed by atoms with Crippen molar-refractivity contribution in [3.05, 3.63) is 94.5 Å². The molecule has 2 N–H and O–H groups in total. The van der Waals surface area contributed by atoms with Crippen molar-refractivity contribution in [3.63, 3.8) is 0 Å². The van der Waals surface area contributed by atoms with Crippen LogP contribution in [0.5, 0.6) is 0 Å². The van der Waals surface area contributed by atoms with Crippen LogP contribution in [0.3, 0.4) is 0 Å². The molecule has 0 unspecified atom stereocenters. The van der Waals surface area contributed by atoms with Crippen molar-refractivity contribution < 1.29 is 14.0 Å². The number of amides is 2. The third kappa shape index (κ3) is 5.45. The first kappa shape index (κ1) is 20.6. The molecule has 0 fully saturated rings. The number of hydrogen-bond acceptors (Lipinski definition) is 4. The van der Waals surface area contributed by atoms with E-state index in [1.54, 1.807) is 43.3 Å². The van der Waals surface area contributed by atoms with Crippen LogP contribution in [0.4, 0.5) is 15.9 Å². The van der Waals surface area contributed by atoms with Crippen LogP contribution in [0.2, 0.25) is 0 Å². The van der Waals surface area contributed by atoms with Gasteiger partial charge in [0, 0.05) is 12.6 Å². The Morgan fingerprint density at radius 3 is 2.50 bits per heavy atom. The number of nitrogens with one attached hydrogen (secondary N) is 2. The van der Waals surface area contributed by atoms with Crippen molar-refractivity contribution in [2.45, 2.75) is 19.9 Å². The Hall–Kier alpha value is -4.12. The Balaban J connectivity index is 1.58. The number of carbonyl (C=O) groups is 2. The molecule has 0 radical (unpaired) electrons. The monoisotopic (exact) mass is 403 g/mol. The lowest BCUT2D eigenvalue weighted by Crippen LogP contribution is -2.24. The van der Waals surface area contributed by atoms with Gasteiger partial charge in [0.2, 0.25) is 5.91 Å². The second-order valence-electron chi connectivity index (χ2n) is 6.56. The molecule has 30 heavy (non-hydrogen) atoms. The standard InChI is InChI=1S/C22H18FN5O2/c1-14-9-16(5-8-18(14)23)12-25-22(30)19-11-20(27-13-26-19)28-21(29)10-15-3-6-17(24-2)7-4-15/h3-9,11,13H,10,12H2,1H3,(H,25,30)(H,26,27,28,29). The van der Waals surface area contributed by atoms with Gasteiger partial charge in [-0.2, -0.15) is 0 Å². The number of aromatic nitrogens is 2. The van der Waals surface area contributed by atoms with E-state index in [1.165, 1.54) is 18.5 Å². The van der Waals surface area contributed by atoms with Gasteiger partial charge in [-0.1, -0.05) is 36.4 Å². The quantitative estimate of drug-likeness (QED) is 0.616. The topological polar surface area (TPSA) is 88.3 Å². The average Bonchev–Trinajstić information content (AvgIpc) is 2.75. The highest BCUT2D eigenvalue weighted by Gasteiger charge is 2.11. The van der Waals surface area contributed by atoms with Crippen LogP contribution in [0.15, 0.2) is 54.9 Å². The summed E-state index contributed by atoms with van der Waals surface area (Å²) in [6, 6.07) is 12.7. The largest absolute Gasteiger partial charge is 0.347 e. The number of rotatable bonds is 6. The van der Waals surface area contributed by atoms with E-state index < -0.39 is 5.91 Å². The van der Waals surface area contributed by atoms with E-state index in [0.29, 0.717) is 11.3 Å². The maximum atomic E-state index is 13.3. The number of carbonyl (C=O) groups excluding carboxylic acids is 2. The maximum Gasteiger partial charge on any atom is 0.270 e. The van der Waals surface area contributed by atoms with Crippen LogP contribution < -0.4 is 10.6 Å². The molecule has 1 aromatic heterocycles. The van der Waals surface area contributed by atoms with Crippen molar-refractivity contribution in [2.24, 2.45) is 0 Å². The fraction of sp³-hybridized carbons (Fsp3) is 0.136. The zero-order valence-corrected chi connectivity index (χ0v) is 16.1. The summed E-state index contributed by atoms with van der Waals surface area (Å²) in [6.45, 7) is 8.81. The lowest BCUT2D eigenvalue weighted by molar-refractivity contribution is -0.115. The van der Waals surface area contributed by atoms with E-state index in [4.69, 9.17) is 6.57 Å². The number of aryl methyl sites for hydroxylation is 1. The molecule has 3 aromatic rings. The minimum Gasteiger partial charge on any atom is -0.347 e. The van der Waals surface area contributed by atoms with E-state index in [-0.39, 0.29) is 36.2 Å². The van der Waals surface area contributed by atoms with Gasteiger partial charge in [-0.05, 0) is 29.7 Å². The van der Waals surface area contributed by atoms with Gasteiger partial charge in [0.15, 0.2) is 5.69 Å². The molecule has 0 saturated heterocycles. The highest BCUT2D eigenvalue weighted by Crippen LogP contribution is 2.14. The molecule has 7 nitrogen and oxygen atoms in total. The van der Waals surface area contributed by atoms with Gasteiger partial charge in [0.1, 0.15) is 23.7 Å². The highest BCUT2D eigenvalue weighted by molar-refractivity contribution is 5.95. The number of halogens is 1. The summed E-state index contributed by atoms with van der Waals surface area (Å²) in [5.41, 5.74) is 2.61. The summed E-state index contributed by atoms with van der Waals surface area (Å²) in [5.74, 6) is -0.846. The number of nitrogens with zero attached hydrogens (tertiary/aromatic N) is 3. The lowest BCUT2D eigenvalue weighted by atomic mass is 10.1. The van der Waals surface area contributed by atoms with Gasteiger partial charge in [0.05, 0.1) is 13.0 Å². The van der Waals surface area contributed by atoms with Crippen LogP contribution >= 0.6 is 0 Å². The third-order valence-corrected chi connectivity index (χ3v) is 4.27. The van der Waals surface area contributed by atoms with Crippen molar-refractivity contribution in [1.29, 1.82) is 0 Å². The smallest absolute Gasteiger partial charge is 0.270 e. The van der Waals surface area contributed by atoms with Crippen LogP contribution in [-0.4, -0.2) is 21.8 Å². The van der Waals surface area contributed by atoms with E-state index in [9.17, 15) is 14.0 Å². The van der Waals surface area contributed by atoms with Crippen LogP contribution in [0, 0.1) is 19.3 Å². The van der Waals surface area contributed by atoms with Gasteiger partial charge < -0.3 is 10.6 Å². The fourth-order valence-electron chi connectivity index (χ4n) is 2.70. The Kier molecular flexibility index (Phi) is 6.45. The zero-order valence-electron chi connectivity index (χ0n) is 16.1. The van der Waals surface area contributed by atoms with E-state index in [1.807, 2.05) is 0 Å². The molecule has 0 aliphatic rings. The minimum atomic E-state index is -0.440. The van der Waals surface area contributed by atoms with Crippen molar-refractivity contribution in [1.82, 2.24) is 15.3 Å². The summed E-state index contributed by atoms with van der Waals surface area (Å²) >= 11 is 0. The molecule has 8 heteroatoms. The summed E-state index contributed by atoms with van der Waals surface area (Å²) in [6.07, 6.45) is 1.30. The van der Waals surface area contributed by atoms with Gasteiger partial charge in [0.25, 0.3) is 5.91 Å². The van der Waals surface area contributed by atoms with Crippen molar-refractivity contribution in [2.75, 3.05) is 5.32 Å². The average molecular weight is 403 g/mol. The Morgan fingerprint density at radius 2 is 1.80 bits per heavy atom. The fourth-order valence-corrected chi connectivity index (χ4v) is 2.70. The van der Waals surface area contributed by atoms with E-state index in [2.05, 4.69) is 25.4 Å². The second kappa shape index (κ2) is 9.39. The summed E-state index contributed by atoms with van der Waals surface area (Å²) in [4.78, 5) is 35.8. The first-order chi connectivity index (χ1) is 14.4. The van der Waals surface area contributed by atoms with Crippen LogP contribution in [-0.2, 0) is 17.8 Å². The Labute approximate surface area is 172 Å². The molecule has 3 rings (SSSR count). The van der Waals surface area contributed by atoms with Gasteiger partial charge >= 0.3 is 0 Å². The molecule has 0 aliphatic carbocycles. The van der Waals surface area contributed by atoms with E-state index >= 15 is 0 Å². The predicted molar refractivity (Wildman–Crippen MR) is 109 cm³/mol. The minimum absolute atomic E-state index is 0.0977. The molecule has 2 amide bonds. The second-order valence-corrected chi connectivity index (χ2v) is 6.56. The Morgan fingerprint density at radius 1 is 1.07 bits per heavy atom. The summed E-state index contributed by atoms with van der Waals surface area (Å²) in [7, 11) is 0. The molecule has 150 valence electrons. The molecule has 0 saturated carbocycles. The maximum absolute atomic E-state index is 13.3. The summed E-state index contributed by atoms with van der Waals surface area (Å²) in [5, 5.41) is 5.33. The molecule has 0 atom stereocenters. The van der Waals surface area contributed by atoms with Gasteiger partial charge in [-0.25, -0.2) is 19.2 Å². The van der Waals surface area contributed by atoms with Crippen molar-refractivity contribution >= 4 is 23.3 Å². The first-order valence-corrected chi connectivity index (χ1v) is 9.06. The number of hydrogen-bond donors (Lipinski definition) is 2. The molecular weight excluding hydrogens is 385 g/mol. The van der Waals surface area contributed by atoms with Crippen molar-refractivity contribution in [3.8, 4) is 0 Å². The normalized spacial score (nSPS) is 10.2. The zero-order chi connectivity index (χ0) is 21.5. The molecule has 1 heterocycles. The van der Waals surface area contributed by atoms with Gasteiger partial charge in [-0.3, -0.25) is 9.59 Å². The number of benzene rings is 2. The first-order valence-electron chi connectivity index (χ1n) is 9.06. The predicted octanol–water partition coefficient (Wildman–Crippen LogP) is 3.59. The molecule has 2 aromatic carbocycles. The molecule has 0 aliphatic heterocycles. The highest BCUT2D eigenvalue weighted by atomic mass is 19.1. The lowest BCUT2D eigenvalue weighted by Gasteiger charge is -2.08. The number of anilines is 1. The van der Waals surface area contributed by atoms with Gasteiger partial charge in [-0.15, -0.1) is 0 Å². The van der Waals surface area contributed by atoms with Crippen LogP contribution in [0.25, 0.3) is 4.85 Å². The molecule has 0 spiro atoms. The Bertz CT molecular complexity index is 1120. The SMILES string of the molecule is [C-]#[N+]c1ccc(CC(=O)Nc2cc(C(=O)NCc3ccc(F)c(C)c3)ncn2)cc1. The third-order valence-electron chi connectivity index (χ3n) is 4.27. The molecule has 0 bridgehead atoms. The van der Waals surface area contributed by atoms with Crippen LogP contribution in [0.1, 0.15) is 27.2 Å². The molecular formula is C22H18FN5O2. The summed E-state index contributed by atoms with van der Waals surface area (Å²) < 4.78 is 13.3.